The lowest BCUT2D eigenvalue weighted by molar-refractivity contribution is -0.110. The summed E-state index contributed by atoms with van der Waals surface area (Å²) in [4.78, 5) is 13.6. The molecule has 0 radical (unpaired) electrons. The van der Waals surface area contributed by atoms with Gasteiger partial charge >= 0.3 is 0 Å². The molecule has 0 saturated carbocycles. The number of aryl methyl sites for hydroxylation is 1. The molecule has 3 nitrogen and oxygen atoms in total. The van der Waals surface area contributed by atoms with E-state index in [9.17, 15) is 4.79 Å². The Morgan fingerprint density at radius 2 is 2.07 bits per heavy atom. The zero-order valence-corrected chi connectivity index (χ0v) is 9.16. The number of benzene rings is 1. The van der Waals surface area contributed by atoms with Crippen molar-refractivity contribution in [2.24, 2.45) is 0 Å². The highest BCUT2D eigenvalue weighted by molar-refractivity contribution is 6.31. The molecule has 0 atom stereocenters. The molecule has 1 N–H and O–H groups in total. The van der Waals surface area contributed by atoms with E-state index in [1.54, 1.807) is 0 Å². The molecule has 3 heteroatoms. The Balaban J connectivity index is 2.58. The predicted molar refractivity (Wildman–Crippen MR) is 61.5 cm³/mol. The molecule has 1 aliphatic heterocycles. The van der Waals surface area contributed by atoms with E-state index >= 15 is 0 Å². The zero-order valence-electron chi connectivity index (χ0n) is 9.16. The molecule has 2 rings (SSSR count). The molecule has 0 aromatic heterocycles. The van der Waals surface area contributed by atoms with Crippen molar-refractivity contribution in [2.75, 3.05) is 19.4 Å². The Bertz CT molecular complexity index is 447. The fourth-order valence-corrected chi connectivity index (χ4v) is 1.81. The van der Waals surface area contributed by atoms with Gasteiger partial charge in [-0.25, -0.2) is 0 Å². The quantitative estimate of drug-likeness (QED) is 0.705. The molecule has 0 spiro atoms. The van der Waals surface area contributed by atoms with Crippen LogP contribution in [0, 0.1) is 6.92 Å². The van der Waals surface area contributed by atoms with Crippen LogP contribution < -0.4 is 5.32 Å². The molecule has 15 heavy (non-hydrogen) atoms. The molecule has 1 aromatic rings. The van der Waals surface area contributed by atoms with E-state index < -0.39 is 0 Å². The van der Waals surface area contributed by atoms with Crippen LogP contribution in [-0.2, 0) is 4.79 Å². The van der Waals surface area contributed by atoms with Crippen LogP contribution in [0.2, 0.25) is 0 Å². The fourth-order valence-electron chi connectivity index (χ4n) is 1.81. The van der Waals surface area contributed by atoms with Gasteiger partial charge in [0.05, 0.1) is 5.57 Å². The molecule has 1 aromatic carbocycles. The van der Waals surface area contributed by atoms with E-state index in [4.69, 9.17) is 0 Å². The largest absolute Gasteiger partial charge is 0.383 e. The maximum Gasteiger partial charge on any atom is 0.257 e. The molecule has 1 heterocycles. The molecule has 78 valence electrons. The first-order valence-corrected chi connectivity index (χ1v) is 4.89. The van der Waals surface area contributed by atoms with Crippen LogP contribution in [0.4, 0.5) is 5.69 Å². The lowest BCUT2D eigenvalue weighted by Crippen LogP contribution is -2.08. The minimum atomic E-state index is -0.0204. The summed E-state index contributed by atoms with van der Waals surface area (Å²) in [7, 11) is 3.83. The zero-order chi connectivity index (χ0) is 11.0. The van der Waals surface area contributed by atoms with Crippen LogP contribution in [0.3, 0.4) is 0 Å². The summed E-state index contributed by atoms with van der Waals surface area (Å²) in [6, 6.07) is 5.90. The Kier molecular flexibility index (Phi) is 2.23. The first kappa shape index (κ1) is 9.77. The van der Waals surface area contributed by atoms with Crippen LogP contribution in [-0.4, -0.2) is 24.9 Å². The summed E-state index contributed by atoms with van der Waals surface area (Å²) in [5.74, 6) is -0.0204. The second-order valence-corrected chi connectivity index (χ2v) is 3.96. The second-order valence-electron chi connectivity index (χ2n) is 3.96. The Labute approximate surface area is 89.4 Å². The number of rotatable bonds is 1. The normalized spacial score (nSPS) is 16.5. The lowest BCUT2D eigenvalue weighted by Gasteiger charge is -2.07. The average Bonchev–Trinajstić information content (AvgIpc) is 2.43. The smallest absolute Gasteiger partial charge is 0.257 e. The second kappa shape index (κ2) is 3.42. The van der Waals surface area contributed by atoms with E-state index in [-0.39, 0.29) is 5.91 Å². The molecule has 0 bridgehead atoms. The summed E-state index contributed by atoms with van der Waals surface area (Å²) >= 11 is 0. The maximum atomic E-state index is 11.7. The molecule has 0 saturated heterocycles. The van der Waals surface area contributed by atoms with Gasteiger partial charge in [0.15, 0.2) is 0 Å². The first-order valence-electron chi connectivity index (χ1n) is 4.89. The number of carbonyl (C=O) groups is 1. The van der Waals surface area contributed by atoms with Crippen molar-refractivity contribution in [3.63, 3.8) is 0 Å². The van der Waals surface area contributed by atoms with Gasteiger partial charge in [0, 0.05) is 31.5 Å². The molecule has 0 unspecified atom stereocenters. The van der Waals surface area contributed by atoms with E-state index in [1.807, 2.05) is 50.3 Å². The third-order valence-corrected chi connectivity index (χ3v) is 2.42. The first-order chi connectivity index (χ1) is 7.09. The lowest BCUT2D eigenvalue weighted by atomic mass is 10.0. The highest BCUT2D eigenvalue weighted by Gasteiger charge is 2.25. The Morgan fingerprint density at radius 3 is 2.73 bits per heavy atom. The van der Waals surface area contributed by atoms with Gasteiger partial charge in [0.25, 0.3) is 5.91 Å². The van der Waals surface area contributed by atoms with Gasteiger partial charge in [0.2, 0.25) is 0 Å². The number of anilines is 1. The summed E-state index contributed by atoms with van der Waals surface area (Å²) in [6.07, 6.45) is 1.86. The van der Waals surface area contributed by atoms with E-state index in [0.717, 1.165) is 22.4 Å². The monoisotopic (exact) mass is 202 g/mol. The fraction of sp³-hybridized carbons (Fsp3) is 0.250. The summed E-state index contributed by atoms with van der Waals surface area (Å²) in [6.45, 7) is 2.02. The van der Waals surface area contributed by atoms with Crippen molar-refractivity contribution in [2.45, 2.75) is 6.92 Å². The van der Waals surface area contributed by atoms with Gasteiger partial charge in [-0.05, 0) is 18.6 Å². The number of nitrogens with zero attached hydrogens (tertiary/aromatic N) is 1. The van der Waals surface area contributed by atoms with Crippen LogP contribution in [0.15, 0.2) is 24.4 Å². The number of amides is 1. The highest BCUT2D eigenvalue weighted by atomic mass is 16.2. The topological polar surface area (TPSA) is 32.3 Å². The summed E-state index contributed by atoms with van der Waals surface area (Å²) in [5.41, 5.74) is 3.80. The highest BCUT2D eigenvalue weighted by Crippen LogP contribution is 2.33. The summed E-state index contributed by atoms with van der Waals surface area (Å²) in [5, 5.41) is 2.86. The van der Waals surface area contributed by atoms with Crippen LogP contribution in [0.25, 0.3) is 5.57 Å². The van der Waals surface area contributed by atoms with E-state index in [2.05, 4.69) is 5.32 Å². The number of hydrogen-bond acceptors (Lipinski definition) is 2. The molecule has 1 amide bonds. The SMILES string of the molecule is Cc1cccc2c1C(=CN(C)C)C(=O)N2. The Hall–Kier alpha value is -1.77. The minimum Gasteiger partial charge on any atom is -0.383 e. The molecular formula is C12H14N2O. The van der Waals surface area contributed by atoms with Crippen molar-refractivity contribution in [1.82, 2.24) is 4.90 Å². The number of fused-ring (bicyclic) bond motifs is 1. The number of carbonyl (C=O) groups excluding carboxylic acids is 1. The third-order valence-electron chi connectivity index (χ3n) is 2.42. The van der Waals surface area contributed by atoms with E-state index in [1.165, 1.54) is 0 Å². The maximum absolute atomic E-state index is 11.7. The van der Waals surface area contributed by atoms with Crippen molar-refractivity contribution in [3.8, 4) is 0 Å². The van der Waals surface area contributed by atoms with Crippen molar-refractivity contribution < 1.29 is 4.79 Å². The van der Waals surface area contributed by atoms with Crippen LogP contribution in [0.1, 0.15) is 11.1 Å². The number of hydrogen-bond donors (Lipinski definition) is 1. The van der Waals surface area contributed by atoms with Crippen molar-refractivity contribution in [1.29, 1.82) is 0 Å². The van der Waals surface area contributed by atoms with Crippen molar-refractivity contribution in [3.05, 3.63) is 35.5 Å². The molecule has 0 fully saturated rings. The molecule has 0 aliphatic carbocycles. The van der Waals surface area contributed by atoms with Gasteiger partial charge in [-0.2, -0.15) is 0 Å². The summed E-state index contributed by atoms with van der Waals surface area (Å²) < 4.78 is 0. The van der Waals surface area contributed by atoms with Gasteiger partial charge in [-0.3, -0.25) is 4.79 Å². The third kappa shape index (κ3) is 1.61. The molecule has 1 aliphatic rings. The minimum absolute atomic E-state index is 0.0204. The standard InChI is InChI=1S/C12H14N2O/c1-8-5-4-6-10-11(8)9(7-14(2)3)12(15)13-10/h4-7H,1-3H3,(H,13,15). The molecular weight excluding hydrogens is 188 g/mol. The van der Waals surface area contributed by atoms with Crippen LogP contribution >= 0.6 is 0 Å². The van der Waals surface area contributed by atoms with Crippen LogP contribution in [0.5, 0.6) is 0 Å². The van der Waals surface area contributed by atoms with Gasteiger partial charge < -0.3 is 10.2 Å². The van der Waals surface area contributed by atoms with E-state index in [0.29, 0.717) is 0 Å². The number of nitrogens with one attached hydrogen (secondary N) is 1. The Morgan fingerprint density at radius 1 is 1.33 bits per heavy atom. The van der Waals surface area contributed by atoms with Gasteiger partial charge in [0.1, 0.15) is 0 Å². The van der Waals surface area contributed by atoms with Gasteiger partial charge in [-0.1, -0.05) is 12.1 Å². The average molecular weight is 202 g/mol. The predicted octanol–water partition coefficient (Wildman–Crippen LogP) is 1.85. The van der Waals surface area contributed by atoms with Gasteiger partial charge in [-0.15, -0.1) is 0 Å². The van der Waals surface area contributed by atoms with Crippen molar-refractivity contribution >= 4 is 17.2 Å².